The van der Waals surface area contributed by atoms with E-state index in [-0.39, 0.29) is 0 Å². The van der Waals surface area contributed by atoms with Crippen LogP contribution < -0.4 is 5.73 Å². The smallest absolute Gasteiger partial charge is 0.0548 e. The van der Waals surface area contributed by atoms with Crippen LogP contribution in [0.4, 0.5) is 0 Å². The Balaban J connectivity index is 1.99. The van der Waals surface area contributed by atoms with Gasteiger partial charge in [0.15, 0.2) is 0 Å². The van der Waals surface area contributed by atoms with Crippen molar-refractivity contribution in [3.05, 3.63) is 33.3 Å². The van der Waals surface area contributed by atoms with Crippen LogP contribution in [0.1, 0.15) is 18.9 Å². The summed E-state index contributed by atoms with van der Waals surface area (Å²) < 4.78 is 0.974. The Morgan fingerprint density at radius 3 is 2.94 bits per heavy atom. The van der Waals surface area contributed by atoms with Crippen LogP contribution in [0.25, 0.3) is 0 Å². The second-order valence-electron chi connectivity index (χ2n) is 5.25. The number of halogens is 2. The predicted molar refractivity (Wildman–Crippen MR) is 80.8 cm³/mol. The van der Waals surface area contributed by atoms with Crippen LogP contribution in [-0.2, 0) is 6.54 Å². The van der Waals surface area contributed by atoms with Crippen LogP contribution in [0.2, 0.25) is 5.02 Å². The van der Waals surface area contributed by atoms with E-state index in [2.05, 4.69) is 39.9 Å². The molecule has 2 N–H and O–H groups in total. The van der Waals surface area contributed by atoms with Crippen LogP contribution in [0.3, 0.4) is 0 Å². The van der Waals surface area contributed by atoms with E-state index in [9.17, 15) is 0 Å². The van der Waals surface area contributed by atoms with Crippen molar-refractivity contribution >= 4 is 27.5 Å². The van der Waals surface area contributed by atoms with Gasteiger partial charge in [0, 0.05) is 17.6 Å². The first-order valence-corrected chi connectivity index (χ1v) is 7.63. The summed E-state index contributed by atoms with van der Waals surface area (Å²) in [5, 5.41) is 0.769. The maximum Gasteiger partial charge on any atom is 0.0548 e. The monoisotopic (exact) mass is 330 g/mol. The summed E-state index contributed by atoms with van der Waals surface area (Å²) in [5.74, 6) is 1.39. The molecule has 18 heavy (non-hydrogen) atoms. The summed E-state index contributed by atoms with van der Waals surface area (Å²) in [7, 11) is 0. The third-order valence-corrected chi connectivity index (χ3v) is 5.11. The third-order valence-electron chi connectivity index (χ3n) is 3.89. The first-order chi connectivity index (χ1) is 8.60. The fourth-order valence-corrected chi connectivity index (χ4v) is 3.12. The lowest BCUT2D eigenvalue weighted by molar-refractivity contribution is 0.126. The number of nitrogens with two attached hydrogens (primary N) is 1. The fourth-order valence-electron chi connectivity index (χ4n) is 2.57. The number of nitrogens with zero attached hydrogens (tertiary/aromatic N) is 1. The van der Waals surface area contributed by atoms with Gasteiger partial charge >= 0.3 is 0 Å². The second-order valence-corrected chi connectivity index (χ2v) is 6.51. The molecule has 2 atom stereocenters. The maximum absolute atomic E-state index is 6.01. The molecule has 0 saturated carbocycles. The topological polar surface area (TPSA) is 29.3 Å². The van der Waals surface area contributed by atoms with Crippen molar-refractivity contribution in [2.45, 2.75) is 19.9 Å². The summed E-state index contributed by atoms with van der Waals surface area (Å²) in [6.45, 7) is 6.37. The Bertz CT molecular complexity index is 411. The summed E-state index contributed by atoms with van der Waals surface area (Å²) in [4.78, 5) is 2.49. The SMILES string of the molecule is CC1CCN(Cc2ccc(Cl)c(Br)c2)CC1CN. The van der Waals surface area contributed by atoms with Gasteiger partial charge in [-0.3, -0.25) is 4.90 Å². The van der Waals surface area contributed by atoms with Crippen molar-refractivity contribution in [1.29, 1.82) is 0 Å². The van der Waals surface area contributed by atoms with E-state index in [1.807, 2.05) is 6.07 Å². The molecule has 0 radical (unpaired) electrons. The molecule has 1 saturated heterocycles. The zero-order chi connectivity index (χ0) is 13.1. The van der Waals surface area contributed by atoms with E-state index in [0.717, 1.165) is 41.6 Å². The molecule has 4 heteroatoms. The first kappa shape index (κ1) is 14.3. The van der Waals surface area contributed by atoms with Gasteiger partial charge in [-0.25, -0.2) is 0 Å². The number of hydrogen-bond acceptors (Lipinski definition) is 2. The zero-order valence-corrected chi connectivity index (χ0v) is 13.0. The Morgan fingerprint density at radius 2 is 2.28 bits per heavy atom. The van der Waals surface area contributed by atoms with Gasteiger partial charge in [-0.05, 0) is 65.0 Å². The Hall–Kier alpha value is -0.0900. The molecule has 0 amide bonds. The van der Waals surface area contributed by atoms with Crippen molar-refractivity contribution in [3.8, 4) is 0 Å². The molecular weight excluding hydrogens is 312 g/mol. The zero-order valence-electron chi connectivity index (χ0n) is 10.7. The summed E-state index contributed by atoms with van der Waals surface area (Å²) in [5.41, 5.74) is 7.14. The highest BCUT2D eigenvalue weighted by Crippen LogP contribution is 2.26. The van der Waals surface area contributed by atoms with E-state index < -0.39 is 0 Å². The van der Waals surface area contributed by atoms with Gasteiger partial charge in [-0.2, -0.15) is 0 Å². The Morgan fingerprint density at radius 1 is 1.50 bits per heavy atom. The lowest BCUT2D eigenvalue weighted by Gasteiger charge is -2.36. The number of piperidine rings is 1. The molecule has 2 rings (SSSR count). The van der Waals surface area contributed by atoms with E-state index in [1.165, 1.54) is 12.0 Å². The molecule has 100 valence electrons. The molecule has 1 aromatic rings. The molecule has 1 aliphatic rings. The maximum atomic E-state index is 6.01. The second kappa shape index (κ2) is 6.38. The van der Waals surface area contributed by atoms with Crippen molar-refractivity contribution in [2.75, 3.05) is 19.6 Å². The first-order valence-electron chi connectivity index (χ1n) is 6.46. The Labute approximate surface area is 123 Å². The van der Waals surface area contributed by atoms with E-state index in [0.29, 0.717) is 5.92 Å². The van der Waals surface area contributed by atoms with Crippen LogP contribution >= 0.6 is 27.5 Å². The van der Waals surface area contributed by atoms with Crippen LogP contribution in [0.15, 0.2) is 22.7 Å². The highest BCUT2D eigenvalue weighted by atomic mass is 79.9. The van der Waals surface area contributed by atoms with Crippen molar-refractivity contribution < 1.29 is 0 Å². The van der Waals surface area contributed by atoms with Gasteiger partial charge in [-0.15, -0.1) is 0 Å². The number of hydrogen-bond donors (Lipinski definition) is 1. The minimum atomic E-state index is 0.634. The highest BCUT2D eigenvalue weighted by Gasteiger charge is 2.24. The molecule has 0 bridgehead atoms. The molecule has 2 nitrogen and oxygen atoms in total. The molecule has 1 heterocycles. The van der Waals surface area contributed by atoms with Gasteiger partial charge in [0.25, 0.3) is 0 Å². The van der Waals surface area contributed by atoms with E-state index in [4.69, 9.17) is 17.3 Å². The molecule has 0 aliphatic carbocycles. The quantitative estimate of drug-likeness (QED) is 0.918. The highest BCUT2D eigenvalue weighted by molar-refractivity contribution is 9.10. The van der Waals surface area contributed by atoms with E-state index >= 15 is 0 Å². The average molecular weight is 332 g/mol. The van der Waals surface area contributed by atoms with Crippen LogP contribution in [0.5, 0.6) is 0 Å². The average Bonchev–Trinajstić information content (AvgIpc) is 2.36. The van der Waals surface area contributed by atoms with Gasteiger partial charge in [0.2, 0.25) is 0 Å². The Kier molecular flexibility index (Phi) is 5.07. The molecule has 2 unspecified atom stereocenters. The third kappa shape index (κ3) is 3.47. The summed E-state index contributed by atoms with van der Waals surface area (Å²) >= 11 is 9.49. The lowest BCUT2D eigenvalue weighted by Crippen LogP contribution is -2.42. The molecule has 1 aromatic carbocycles. The fraction of sp³-hybridized carbons (Fsp3) is 0.571. The number of rotatable bonds is 3. The molecule has 0 spiro atoms. The minimum Gasteiger partial charge on any atom is -0.330 e. The lowest BCUT2D eigenvalue weighted by atomic mass is 9.87. The largest absolute Gasteiger partial charge is 0.330 e. The summed E-state index contributed by atoms with van der Waals surface area (Å²) in [6, 6.07) is 6.16. The van der Waals surface area contributed by atoms with E-state index in [1.54, 1.807) is 0 Å². The minimum absolute atomic E-state index is 0.634. The van der Waals surface area contributed by atoms with Gasteiger partial charge in [0.1, 0.15) is 0 Å². The van der Waals surface area contributed by atoms with Crippen LogP contribution in [-0.4, -0.2) is 24.5 Å². The van der Waals surface area contributed by atoms with Gasteiger partial charge < -0.3 is 5.73 Å². The summed E-state index contributed by atoms with van der Waals surface area (Å²) in [6.07, 6.45) is 1.25. The molecular formula is C14H20BrClN2. The number of benzene rings is 1. The van der Waals surface area contributed by atoms with Crippen molar-refractivity contribution in [3.63, 3.8) is 0 Å². The standard InChI is InChI=1S/C14H20BrClN2/c1-10-4-5-18(9-12(10)7-17)8-11-2-3-14(16)13(15)6-11/h2-3,6,10,12H,4-5,7-9,17H2,1H3. The molecule has 0 aromatic heterocycles. The van der Waals surface area contributed by atoms with Crippen molar-refractivity contribution in [2.24, 2.45) is 17.6 Å². The van der Waals surface area contributed by atoms with Gasteiger partial charge in [0.05, 0.1) is 5.02 Å². The molecule has 1 aliphatic heterocycles. The van der Waals surface area contributed by atoms with Crippen molar-refractivity contribution in [1.82, 2.24) is 4.90 Å². The predicted octanol–water partition coefficient (Wildman–Crippen LogP) is 3.52. The molecule has 1 fully saturated rings. The number of likely N-dealkylation sites (tertiary alicyclic amines) is 1. The van der Waals surface area contributed by atoms with Crippen LogP contribution in [0, 0.1) is 11.8 Å². The van der Waals surface area contributed by atoms with Gasteiger partial charge in [-0.1, -0.05) is 24.6 Å². The normalized spacial score (nSPS) is 25.3.